The molecule has 0 aromatic heterocycles. The molecule has 0 amide bonds. The molecule has 1 aliphatic heterocycles. The number of ether oxygens (including phenoxy) is 1. The zero-order valence-corrected chi connectivity index (χ0v) is 12.5. The van der Waals surface area contributed by atoms with Crippen LogP contribution in [0.3, 0.4) is 0 Å². The lowest BCUT2D eigenvalue weighted by Gasteiger charge is -2.21. The van der Waals surface area contributed by atoms with E-state index in [9.17, 15) is 4.39 Å². The second kappa shape index (κ2) is 5.54. The summed E-state index contributed by atoms with van der Waals surface area (Å²) in [6.07, 6.45) is 1.99. The molecule has 2 aromatic carbocycles. The van der Waals surface area contributed by atoms with Crippen molar-refractivity contribution in [1.82, 2.24) is 0 Å². The van der Waals surface area contributed by atoms with Gasteiger partial charge in [-0.15, -0.1) is 0 Å². The van der Waals surface area contributed by atoms with Gasteiger partial charge in [0.1, 0.15) is 11.6 Å². The molecule has 1 heterocycles. The molecule has 0 spiro atoms. The minimum absolute atomic E-state index is 0.291. The summed E-state index contributed by atoms with van der Waals surface area (Å²) in [6, 6.07) is 10.3. The molecule has 1 aliphatic rings. The van der Waals surface area contributed by atoms with E-state index in [0.29, 0.717) is 10.0 Å². The van der Waals surface area contributed by atoms with E-state index in [2.05, 4.69) is 15.9 Å². The molecule has 2 aromatic rings. The van der Waals surface area contributed by atoms with Crippen molar-refractivity contribution < 1.29 is 9.13 Å². The van der Waals surface area contributed by atoms with Gasteiger partial charge in [-0.25, -0.2) is 4.39 Å². The average Bonchev–Trinajstić information content (AvgIpc) is 2.46. The van der Waals surface area contributed by atoms with E-state index in [4.69, 9.17) is 10.5 Å². The third-order valence-electron chi connectivity index (χ3n) is 3.60. The van der Waals surface area contributed by atoms with Crippen molar-refractivity contribution >= 4 is 15.9 Å². The van der Waals surface area contributed by atoms with Gasteiger partial charge >= 0.3 is 0 Å². The number of halogens is 2. The molecule has 1 atom stereocenters. The van der Waals surface area contributed by atoms with Gasteiger partial charge in [-0.3, -0.25) is 0 Å². The molecule has 0 saturated heterocycles. The van der Waals surface area contributed by atoms with Gasteiger partial charge in [0.2, 0.25) is 0 Å². The van der Waals surface area contributed by atoms with Crippen molar-refractivity contribution in [1.29, 1.82) is 0 Å². The van der Waals surface area contributed by atoms with Crippen molar-refractivity contribution in [2.75, 3.05) is 6.61 Å². The molecule has 104 valence electrons. The molecule has 3 rings (SSSR count). The first-order chi connectivity index (χ1) is 9.66. The van der Waals surface area contributed by atoms with Crippen LogP contribution in [0.5, 0.6) is 5.75 Å². The molecule has 4 heteroatoms. The molecule has 2 N–H and O–H groups in total. The van der Waals surface area contributed by atoms with Crippen LogP contribution < -0.4 is 10.5 Å². The Labute approximate surface area is 125 Å². The largest absolute Gasteiger partial charge is 0.493 e. The van der Waals surface area contributed by atoms with E-state index in [0.717, 1.165) is 36.3 Å². The highest BCUT2D eigenvalue weighted by molar-refractivity contribution is 9.10. The van der Waals surface area contributed by atoms with Crippen LogP contribution in [0.2, 0.25) is 0 Å². The number of aryl methyl sites for hydroxylation is 1. The van der Waals surface area contributed by atoms with E-state index in [1.54, 1.807) is 12.1 Å². The molecule has 0 saturated carbocycles. The average molecular weight is 336 g/mol. The first kappa shape index (κ1) is 13.6. The Bertz CT molecular complexity index is 624. The smallest absolute Gasteiger partial charge is 0.129 e. The summed E-state index contributed by atoms with van der Waals surface area (Å²) in [5, 5.41) is 0. The summed E-state index contributed by atoms with van der Waals surface area (Å²) >= 11 is 3.38. The minimum atomic E-state index is -0.488. The second-order valence-corrected chi connectivity index (χ2v) is 5.79. The zero-order chi connectivity index (χ0) is 14.1. The van der Waals surface area contributed by atoms with Gasteiger partial charge in [-0.1, -0.05) is 34.1 Å². The van der Waals surface area contributed by atoms with Crippen LogP contribution >= 0.6 is 15.9 Å². The summed E-state index contributed by atoms with van der Waals surface area (Å²) in [5.74, 6) is 0.626. The summed E-state index contributed by atoms with van der Waals surface area (Å²) in [5.41, 5.74) is 8.78. The summed E-state index contributed by atoms with van der Waals surface area (Å²) in [6.45, 7) is 0.761. The lowest BCUT2D eigenvalue weighted by atomic mass is 9.95. The maximum Gasteiger partial charge on any atom is 0.129 e. The van der Waals surface area contributed by atoms with E-state index >= 15 is 0 Å². The predicted molar refractivity (Wildman–Crippen MR) is 80.4 cm³/mol. The fourth-order valence-corrected chi connectivity index (χ4v) is 3.14. The van der Waals surface area contributed by atoms with Gasteiger partial charge < -0.3 is 10.5 Å². The first-order valence-electron chi connectivity index (χ1n) is 6.62. The van der Waals surface area contributed by atoms with E-state index in [1.807, 2.05) is 18.2 Å². The summed E-state index contributed by atoms with van der Waals surface area (Å²) in [7, 11) is 0. The van der Waals surface area contributed by atoms with Crippen LogP contribution in [0.4, 0.5) is 4.39 Å². The Balaban J connectivity index is 2.00. The highest BCUT2D eigenvalue weighted by Crippen LogP contribution is 2.32. The Morgan fingerprint density at radius 2 is 2.10 bits per heavy atom. The maximum atomic E-state index is 14.0. The summed E-state index contributed by atoms with van der Waals surface area (Å²) in [4.78, 5) is 0. The van der Waals surface area contributed by atoms with Gasteiger partial charge in [0, 0.05) is 10.0 Å². The predicted octanol–water partition coefficient (Wildman–Crippen LogP) is 3.96. The third-order valence-corrected chi connectivity index (χ3v) is 4.29. The molecule has 2 nitrogen and oxygen atoms in total. The monoisotopic (exact) mass is 335 g/mol. The van der Waals surface area contributed by atoms with Crippen LogP contribution in [0.1, 0.15) is 29.2 Å². The maximum absolute atomic E-state index is 14.0. The second-order valence-electron chi connectivity index (χ2n) is 4.93. The lowest BCUT2D eigenvalue weighted by molar-refractivity contribution is 0.288. The van der Waals surface area contributed by atoms with Crippen LogP contribution in [-0.4, -0.2) is 6.61 Å². The van der Waals surface area contributed by atoms with E-state index in [-0.39, 0.29) is 5.82 Å². The molecule has 0 fully saturated rings. The third kappa shape index (κ3) is 2.45. The molecular weight excluding hydrogens is 321 g/mol. The standard InChI is InChI=1S/C16H15BrFNO/c17-12-4-1-5-13(18)15(12)16(19)11-6-7-14-10(9-11)3-2-8-20-14/h1,4-7,9,16H,2-3,8,19H2. The fourth-order valence-electron chi connectivity index (χ4n) is 2.55. The van der Waals surface area contributed by atoms with Crippen LogP contribution in [0.25, 0.3) is 0 Å². The minimum Gasteiger partial charge on any atom is -0.493 e. The quantitative estimate of drug-likeness (QED) is 0.901. The highest BCUT2D eigenvalue weighted by Gasteiger charge is 2.19. The number of fused-ring (bicyclic) bond motifs is 1. The number of hydrogen-bond acceptors (Lipinski definition) is 2. The van der Waals surface area contributed by atoms with Crippen molar-refractivity contribution in [3.63, 3.8) is 0 Å². The summed E-state index contributed by atoms with van der Waals surface area (Å²) < 4.78 is 20.3. The molecule has 1 unspecified atom stereocenters. The van der Waals surface area contributed by atoms with Crippen molar-refractivity contribution in [3.05, 3.63) is 63.4 Å². The van der Waals surface area contributed by atoms with Gasteiger partial charge in [-0.05, 0) is 42.2 Å². The Morgan fingerprint density at radius 3 is 2.90 bits per heavy atom. The SMILES string of the molecule is NC(c1ccc2c(c1)CCCO2)c1c(F)cccc1Br. The molecule has 20 heavy (non-hydrogen) atoms. The number of nitrogens with two attached hydrogens (primary N) is 1. The zero-order valence-electron chi connectivity index (χ0n) is 10.9. The van der Waals surface area contributed by atoms with Gasteiger partial charge in [0.25, 0.3) is 0 Å². The van der Waals surface area contributed by atoms with E-state index in [1.165, 1.54) is 6.07 Å². The van der Waals surface area contributed by atoms with Crippen molar-refractivity contribution in [3.8, 4) is 5.75 Å². The molecule has 0 aliphatic carbocycles. The molecular formula is C16H15BrFNO. The van der Waals surface area contributed by atoms with Gasteiger partial charge in [0.15, 0.2) is 0 Å². The Hall–Kier alpha value is -1.39. The van der Waals surface area contributed by atoms with Gasteiger partial charge in [-0.2, -0.15) is 0 Å². The number of rotatable bonds is 2. The van der Waals surface area contributed by atoms with Gasteiger partial charge in [0.05, 0.1) is 12.6 Å². The van der Waals surface area contributed by atoms with Crippen molar-refractivity contribution in [2.24, 2.45) is 5.73 Å². The molecule has 0 radical (unpaired) electrons. The van der Waals surface area contributed by atoms with Crippen molar-refractivity contribution in [2.45, 2.75) is 18.9 Å². The van der Waals surface area contributed by atoms with Crippen LogP contribution in [0, 0.1) is 5.82 Å². The van der Waals surface area contributed by atoms with E-state index < -0.39 is 6.04 Å². The molecule has 0 bridgehead atoms. The fraction of sp³-hybridized carbons (Fsp3) is 0.250. The van der Waals surface area contributed by atoms with Crippen LogP contribution in [-0.2, 0) is 6.42 Å². The van der Waals surface area contributed by atoms with Crippen LogP contribution in [0.15, 0.2) is 40.9 Å². The Morgan fingerprint density at radius 1 is 1.25 bits per heavy atom. The number of benzene rings is 2. The highest BCUT2D eigenvalue weighted by atomic mass is 79.9. The first-order valence-corrected chi connectivity index (χ1v) is 7.41. The normalized spacial score (nSPS) is 15.3. The topological polar surface area (TPSA) is 35.2 Å². The lowest BCUT2D eigenvalue weighted by Crippen LogP contribution is -2.16. The Kier molecular flexibility index (Phi) is 3.76. The number of hydrogen-bond donors (Lipinski definition) is 1.